The molecule has 0 aliphatic heterocycles. The van der Waals surface area contributed by atoms with Gasteiger partial charge in [0.2, 0.25) is 0 Å². The number of nitrogens with zero attached hydrogens (tertiary/aromatic N) is 2. The number of benzene rings is 1. The van der Waals surface area contributed by atoms with Crippen LogP contribution in [0.25, 0.3) is 11.0 Å². The van der Waals surface area contributed by atoms with Gasteiger partial charge in [0.15, 0.2) is 5.96 Å². The molecule has 0 fully saturated rings. The monoisotopic (exact) mass is 347 g/mol. The van der Waals surface area contributed by atoms with E-state index in [4.69, 9.17) is 0 Å². The van der Waals surface area contributed by atoms with E-state index in [9.17, 15) is 0 Å². The van der Waals surface area contributed by atoms with Crippen LogP contribution in [-0.2, 0) is 6.42 Å². The molecule has 6 heteroatoms. The molecule has 24 heavy (non-hydrogen) atoms. The van der Waals surface area contributed by atoms with Crippen LogP contribution in [-0.4, -0.2) is 47.6 Å². The fourth-order valence-electron chi connectivity index (χ4n) is 2.48. The van der Waals surface area contributed by atoms with Crippen molar-refractivity contribution >= 4 is 28.8 Å². The summed E-state index contributed by atoms with van der Waals surface area (Å²) in [4.78, 5) is 12.6. The van der Waals surface area contributed by atoms with Crippen molar-refractivity contribution in [1.29, 1.82) is 0 Å². The van der Waals surface area contributed by atoms with Gasteiger partial charge < -0.3 is 15.6 Å². The van der Waals surface area contributed by atoms with Crippen molar-refractivity contribution < 1.29 is 0 Å². The number of fused-ring (bicyclic) bond motifs is 1. The Hall–Kier alpha value is -1.69. The first-order valence-electron chi connectivity index (χ1n) is 8.78. The third-order valence-corrected chi connectivity index (χ3v) is 4.39. The molecule has 3 N–H and O–H groups in total. The van der Waals surface area contributed by atoms with Crippen molar-refractivity contribution in [1.82, 2.24) is 20.6 Å². The fourth-order valence-corrected chi connectivity index (χ4v) is 2.97. The minimum absolute atomic E-state index is 0.803. The predicted molar refractivity (Wildman–Crippen MR) is 106 cm³/mol. The number of thioether (sulfide) groups is 1. The number of aliphatic imine (C=N–C) groups is 1. The number of aryl methyl sites for hydroxylation is 1. The summed E-state index contributed by atoms with van der Waals surface area (Å²) in [6.45, 7) is 4.77. The molecule has 5 nitrogen and oxygen atoms in total. The molecule has 0 saturated heterocycles. The van der Waals surface area contributed by atoms with Crippen LogP contribution >= 0.6 is 11.8 Å². The van der Waals surface area contributed by atoms with Crippen LogP contribution in [0, 0.1) is 0 Å². The Balaban J connectivity index is 1.72. The van der Waals surface area contributed by atoms with Crippen LogP contribution in [0.3, 0.4) is 0 Å². The van der Waals surface area contributed by atoms with E-state index < -0.39 is 0 Å². The molecule has 2 aromatic rings. The molecular weight excluding hydrogens is 318 g/mol. The molecular formula is C18H29N5S. The largest absolute Gasteiger partial charge is 0.357 e. The van der Waals surface area contributed by atoms with Gasteiger partial charge in [0.25, 0.3) is 0 Å². The Morgan fingerprint density at radius 2 is 2.08 bits per heavy atom. The number of aromatic nitrogens is 2. The highest BCUT2D eigenvalue weighted by Crippen LogP contribution is 2.11. The average Bonchev–Trinajstić information content (AvgIpc) is 3.01. The fraction of sp³-hybridized carbons (Fsp3) is 0.556. The maximum Gasteiger partial charge on any atom is 0.191 e. The van der Waals surface area contributed by atoms with E-state index >= 15 is 0 Å². The highest BCUT2D eigenvalue weighted by atomic mass is 32.2. The van der Waals surface area contributed by atoms with Crippen LogP contribution in [0.4, 0.5) is 0 Å². The Kier molecular flexibility index (Phi) is 8.52. The molecule has 1 aromatic carbocycles. The molecule has 0 aliphatic rings. The predicted octanol–water partition coefficient (Wildman–Crippen LogP) is 3.19. The van der Waals surface area contributed by atoms with Gasteiger partial charge in [-0.3, -0.25) is 4.99 Å². The maximum atomic E-state index is 4.65. The third kappa shape index (κ3) is 6.43. The summed E-state index contributed by atoms with van der Waals surface area (Å²) in [5, 5.41) is 6.71. The summed E-state index contributed by atoms with van der Waals surface area (Å²) < 4.78 is 0. The quantitative estimate of drug-likeness (QED) is 0.351. The molecule has 1 aromatic heterocycles. The van der Waals surface area contributed by atoms with Gasteiger partial charge in [-0.1, -0.05) is 12.1 Å². The summed E-state index contributed by atoms with van der Waals surface area (Å²) in [6, 6.07) is 8.15. The normalized spacial score (nSPS) is 11.8. The molecule has 0 radical (unpaired) electrons. The zero-order valence-electron chi connectivity index (χ0n) is 14.8. The Morgan fingerprint density at radius 3 is 2.88 bits per heavy atom. The lowest BCUT2D eigenvalue weighted by atomic mass is 10.3. The van der Waals surface area contributed by atoms with E-state index in [-0.39, 0.29) is 0 Å². The second-order valence-electron chi connectivity index (χ2n) is 5.69. The van der Waals surface area contributed by atoms with Crippen LogP contribution in [0.1, 0.15) is 32.0 Å². The highest BCUT2D eigenvalue weighted by Gasteiger charge is 2.02. The lowest BCUT2D eigenvalue weighted by Crippen LogP contribution is -2.37. The van der Waals surface area contributed by atoms with Gasteiger partial charge in [-0.15, -0.1) is 0 Å². The molecule has 132 valence electrons. The zero-order chi connectivity index (χ0) is 17.0. The molecule has 0 bridgehead atoms. The summed E-state index contributed by atoms with van der Waals surface area (Å²) in [5.41, 5.74) is 2.15. The van der Waals surface area contributed by atoms with Crippen molar-refractivity contribution in [3.05, 3.63) is 30.1 Å². The first-order valence-corrected chi connectivity index (χ1v) is 10.2. The summed E-state index contributed by atoms with van der Waals surface area (Å²) >= 11 is 1.90. The Labute approximate surface area is 149 Å². The number of nitrogens with one attached hydrogen (secondary N) is 3. The molecule has 0 unspecified atom stereocenters. The second-order valence-corrected chi connectivity index (χ2v) is 6.68. The van der Waals surface area contributed by atoms with E-state index in [1.807, 2.05) is 30.0 Å². The van der Waals surface area contributed by atoms with Crippen molar-refractivity contribution in [2.45, 2.75) is 32.6 Å². The number of aromatic amines is 1. The van der Waals surface area contributed by atoms with Gasteiger partial charge in [-0.25, -0.2) is 4.98 Å². The van der Waals surface area contributed by atoms with Gasteiger partial charge in [0.1, 0.15) is 5.82 Å². The topological polar surface area (TPSA) is 65.1 Å². The lowest BCUT2D eigenvalue weighted by molar-refractivity contribution is 0.726. The third-order valence-electron chi connectivity index (χ3n) is 3.69. The smallest absolute Gasteiger partial charge is 0.191 e. The van der Waals surface area contributed by atoms with Crippen molar-refractivity contribution in [3.63, 3.8) is 0 Å². The summed E-state index contributed by atoms with van der Waals surface area (Å²) in [7, 11) is 0. The molecule has 0 atom stereocenters. The van der Waals surface area contributed by atoms with E-state index in [2.05, 4.69) is 44.8 Å². The van der Waals surface area contributed by atoms with E-state index in [0.29, 0.717) is 0 Å². The SMILES string of the molecule is CCNC(=NCCCc1nc2ccccc2[nH]1)NCCCCSC. The zero-order valence-corrected chi connectivity index (χ0v) is 15.6. The van der Waals surface area contributed by atoms with E-state index in [1.165, 1.54) is 18.6 Å². The highest BCUT2D eigenvalue weighted by molar-refractivity contribution is 7.98. The van der Waals surface area contributed by atoms with E-state index in [0.717, 1.165) is 55.3 Å². The summed E-state index contributed by atoms with van der Waals surface area (Å²) in [5.74, 6) is 3.19. The molecule has 0 spiro atoms. The maximum absolute atomic E-state index is 4.65. The molecule has 2 rings (SSSR count). The van der Waals surface area contributed by atoms with Crippen molar-refractivity contribution in [2.75, 3.05) is 31.6 Å². The number of para-hydroxylation sites is 2. The van der Waals surface area contributed by atoms with Crippen LogP contribution < -0.4 is 10.6 Å². The van der Waals surface area contributed by atoms with Gasteiger partial charge >= 0.3 is 0 Å². The van der Waals surface area contributed by atoms with Gasteiger partial charge in [0, 0.05) is 26.1 Å². The average molecular weight is 348 g/mol. The van der Waals surface area contributed by atoms with Crippen LogP contribution in [0.15, 0.2) is 29.3 Å². The van der Waals surface area contributed by atoms with Crippen LogP contribution in [0.5, 0.6) is 0 Å². The Bertz CT molecular complexity index is 590. The molecule has 1 heterocycles. The lowest BCUT2D eigenvalue weighted by Gasteiger charge is -2.10. The van der Waals surface area contributed by atoms with Gasteiger partial charge in [-0.05, 0) is 50.3 Å². The Morgan fingerprint density at radius 1 is 1.21 bits per heavy atom. The number of imidazole rings is 1. The van der Waals surface area contributed by atoms with Crippen LogP contribution in [0.2, 0.25) is 0 Å². The number of hydrogen-bond acceptors (Lipinski definition) is 3. The van der Waals surface area contributed by atoms with Gasteiger partial charge in [0.05, 0.1) is 11.0 Å². The van der Waals surface area contributed by atoms with Crippen molar-refractivity contribution in [3.8, 4) is 0 Å². The van der Waals surface area contributed by atoms with Crippen molar-refractivity contribution in [2.24, 2.45) is 4.99 Å². The summed E-state index contributed by atoms with van der Waals surface area (Å²) in [6.07, 6.45) is 6.50. The first-order chi connectivity index (χ1) is 11.8. The number of hydrogen-bond donors (Lipinski definition) is 3. The molecule has 0 aliphatic carbocycles. The standard InChI is InChI=1S/C18H29N5S/c1-3-19-18(20-12-6-7-14-24-2)21-13-8-11-17-22-15-9-4-5-10-16(15)23-17/h4-5,9-10H,3,6-8,11-14H2,1-2H3,(H,22,23)(H2,19,20,21). The number of rotatable bonds is 10. The number of H-pyrrole nitrogens is 1. The minimum atomic E-state index is 0.803. The van der Waals surface area contributed by atoms with Gasteiger partial charge in [-0.2, -0.15) is 11.8 Å². The molecule has 0 amide bonds. The first kappa shape index (κ1) is 18.6. The second kappa shape index (κ2) is 11.0. The molecule has 0 saturated carbocycles. The minimum Gasteiger partial charge on any atom is -0.357 e. The number of guanidine groups is 1. The van der Waals surface area contributed by atoms with E-state index in [1.54, 1.807) is 0 Å². The number of unbranched alkanes of at least 4 members (excludes halogenated alkanes) is 1.